The quantitative estimate of drug-likeness (QED) is 0.802. The molecule has 1 heterocycles. The smallest absolute Gasteiger partial charge is 0.126 e. The van der Waals surface area contributed by atoms with E-state index >= 15 is 0 Å². The molecule has 0 N–H and O–H groups in total. The van der Waals surface area contributed by atoms with Gasteiger partial charge in [-0.25, -0.2) is 0 Å². The lowest BCUT2D eigenvalue weighted by molar-refractivity contribution is -0.00611. The van der Waals surface area contributed by atoms with Crippen LogP contribution >= 0.6 is 0 Å². The van der Waals surface area contributed by atoms with Gasteiger partial charge in [-0.15, -0.1) is 0 Å². The van der Waals surface area contributed by atoms with Gasteiger partial charge in [0.1, 0.15) is 5.75 Å². The van der Waals surface area contributed by atoms with Crippen LogP contribution in [-0.2, 0) is 11.3 Å². The Morgan fingerprint density at radius 3 is 2.75 bits per heavy atom. The van der Waals surface area contributed by atoms with Crippen molar-refractivity contribution >= 4 is 6.08 Å². The summed E-state index contributed by atoms with van der Waals surface area (Å²) in [6.45, 7) is 6.33. The van der Waals surface area contributed by atoms with Gasteiger partial charge < -0.3 is 9.47 Å². The largest absolute Gasteiger partial charge is 0.493 e. The molecule has 1 unspecified atom stereocenters. The Kier molecular flexibility index (Phi) is 6.05. The second-order valence-corrected chi connectivity index (χ2v) is 5.96. The maximum Gasteiger partial charge on any atom is 0.126 e. The zero-order valence-electron chi connectivity index (χ0n) is 14.2. The third-order valence-corrected chi connectivity index (χ3v) is 4.14. The predicted octanol–water partition coefficient (Wildman–Crippen LogP) is 4.00. The second kappa shape index (κ2) is 8.67. The Morgan fingerprint density at radius 1 is 1.12 bits per heavy atom. The predicted molar refractivity (Wildman–Crippen MR) is 98.1 cm³/mol. The van der Waals surface area contributed by atoms with Crippen LogP contribution in [0.2, 0.25) is 0 Å². The molecule has 3 rings (SSSR count). The normalized spacial score (nSPS) is 18.8. The van der Waals surface area contributed by atoms with E-state index in [1.165, 1.54) is 5.56 Å². The minimum atomic E-state index is 0.122. The van der Waals surface area contributed by atoms with Gasteiger partial charge in [0.15, 0.2) is 0 Å². The first-order chi connectivity index (χ1) is 11.8. The fraction of sp³-hybridized carbons (Fsp3) is 0.333. The van der Waals surface area contributed by atoms with Gasteiger partial charge in [-0.3, -0.25) is 4.90 Å². The molecule has 3 heteroatoms. The van der Waals surface area contributed by atoms with E-state index in [4.69, 9.17) is 9.47 Å². The van der Waals surface area contributed by atoms with E-state index in [2.05, 4.69) is 53.5 Å². The highest BCUT2D eigenvalue weighted by molar-refractivity contribution is 5.57. The van der Waals surface area contributed by atoms with Gasteiger partial charge in [-0.1, -0.05) is 60.7 Å². The molecule has 0 saturated carbocycles. The van der Waals surface area contributed by atoms with Crippen LogP contribution in [0.15, 0.2) is 60.7 Å². The zero-order valence-corrected chi connectivity index (χ0v) is 14.2. The van der Waals surface area contributed by atoms with Gasteiger partial charge in [-0.2, -0.15) is 0 Å². The second-order valence-electron chi connectivity index (χ2n) is 5.96. The molecule has 0 bridgehead atoms. The summed E-state index contributed by atoms with van der Waals surface area (Å²) in [6.07, 6.45) is 4.38. The lowest BCUT2D eigenvalue weighted by atomic mass is 10.1. The lowest BCUT2D eigenvalue weighted by Crippen LogP contribution is -2.41. The third kappa shape index (κ3) is 4.70. The van der Waals surface area contributed by atoms with Crippen LogP contribution in [-0.4, -0.2) is 37.3 Å². The van der Waals surface area contributed by atoms with Crippen LogP contribution in [0.5, 0.6) is 5.75 Å². The van der Waals surface area contributed by atoms with Crippen LogP contribution in [0, 0.1) is 0 Å². The molecule has 126 valence electrons. The summed E-state index contributed by atoms with van der Waals surface area (Å²) < 4.78 is 11.6. The molecular formula is C21H25NO2. The van der Waals surface area contributed by atoms with Crippen molar-refractivity contribution in [1.82, 2.24) is 4.90 Å². The van der Waals surface area contributed by atoms with Crippen molar-refractivity contribution < 1.29 is 9.47 Å². The molecule has 24 heavy (non-hydrogen) atoms. The number of hydrogen-bond acceptors (Lipinski definition) is 3. The van der Waals surface area contributed by atoms with E-state index < -0.39 is 0 Å². The minimum absolute atomic E-state index is 0.122. The average Bonchev–Trinajstić information content (AvgIpc) is 2.62. The summed E-state index contributed by atoms with van der Waals surface area (Å²) in [5.74, 6) is 0.924. The fourth-order valence-corrected chi connectivity index (χ4v) is 2.95. The maximum atomic E-state index is 5.90. The summed E-state index contributed by atoms with van der Waals surface area (Å²) in [5.41, 5.74) is 2.45. The minimum Gasteiger partial charge on any atom is -0.493 e. The lowest BCUT2D eigenvalue weighted by Gasteiger charge is -2.31. The van der Waals surface area contributed by atoms with Crippen molar-refractivity contribution in [1.29, 1.82) is 0 Å². The molecule has 1 atom stereocenters. The molecular weight excluding hydrogens is 298 g/mol. The first-order valence-electron chi connectivity index (χ1n) is 8.63. The number of rotatable bonds is 6. The molecule has 2 aromatic carbocycles. The van der Waals surface area contributed by atoms with Gasteiger partial charge in [0.2, 0.25) is 0 Å². The van der Waals surface area contributed by atoms with Gasteiger partial charge in [-0.05, 0) is 18.6 Å². The monoisotopic (exact) mass is 323 g/mol. The van der Waals surface area contributed by atoms with Gasteiger partial charge in [0, 0.05) is 25.2 Å². The molecule has 2 aromatic rings. The van der Waals surface area contributed by atoms with Crippen LogP contribution in [0.25, 0.3) is 6.08 Å². The number of benzene rings is 2. The average molecular weight is 323 g/mol. The number of morpholine rings is 1. The summed E-state index contributed by atoms with van der Waals surface area (Å²) in [6, 6.07) is 18.7. The van der Waals surface area contributed by atoms with Crippen LogP contribution in [0.1, 0.15) is 18.1 Å². The summed E-state index contributed by atoms with van der Waals surface area (Å²) in [5, 5.41) is 0. The first-order valence-corrected chi connectivity index (χ1v) is 8.63. The summed E-state index contributed by atoms with van der Waals surface area (Å²) in [4.78, 5) is 2.45. The van der Waals surface area contributed by atoms with Crippen molar-refractivity contribution in [3.8, 4) is 5.75 Å². The molecule has 0 aliphatic carbocycles. The Morgan fingerprint density at radius 2 is 1.92 bits per heavy atom. The molecule has 1 aliphatic heterocycles. The van der Waals surface area contributed by atoms with Crippen LogP contribution in [0.4, 0.5) is 0 Å². The highest BCUT2D eigenvalue weighted by atomic mass is 16.5. The molecule has 0 amide bonds. The molecule has 0 aromatic heterocycles. The standard InChI is InChI=1S/C21H25NO2/c1-2-23-21-11-7-6-10-19(21)12-13-20-17-22(14-15-24-20)16-18-8-4-3-5-9-18/h3-13,20H,2,14-17H2,1H3/b13-12+. The third-order valence-electron chi connectivity index (χ3n) is 4.14. The molecule has 3 nitrogen and oxygen atoms in total. The van der Waals surface area contributed by atoms with E-state index in [0.29, 0.717) is 6.61 Å². The fourth-order valence-electron chi connectivity index (χ4n) is 2.95. The maximum absolute atomic E-state index is 5.90. The number of nitrogens with zero attached hydrogens (tertiary/aromatic N) is 1. The Balaban J connectivity index is 1.61. The molecule has 0 radical (unpaired) electrons. The molecule has 0 spiro atoms. The van der Waals surface area contributed by atoms with Crippen molar-refractivity contribution in [2.75, 3.05) is 26.3 Å². The number of para-hydroxylation sites is 1. The molecule has 1 aliphatic rings. The van der Waals surface area contributed by atoms with Gasteiger partial charge in [0.25, 0.3) is 0 Å². The van der Waals surface area contributed by atoms with E-state index in [-0.39, 0.29) is 6.10 Å². The summed E-state index contributed by atoms with van der Waals surface area (Å²) in [7, 11) is 0. The van der Waals surface area contributed by atoms with Gasteiger partial charge >= 0.3 is 0 Å². The Hall–Kier alpha value is -2.10. The van der Waals surface area contributed by atoms with Crippen LogP contribution < -0.4 is 4.74 Å². The molecule has 1 fully saturated rings. The Bertz CT molecular complexity index is 654. The van der Waals surface area contributed by atoms with Crippen LogP contribution in [0.3, 0.4) is 0 Å². The highest BCUT2D eigenvalue weighted by Gasteiger charge is 2.18. The van der Waals surface area contributed by atoms with E-state index in [1.54, 1.807) is 0 Å². The van der Waals surface area contributed by atoms with Crippen molar-refractivity contribution in [2.24, 2.45) is 0 Å². The SMILES string of the molecule is CCOc1ccccc1/C=C/C1CN(Cc2ccccc2)CCO1. The van der Waals surface area contributed by atoms with E-state index in [9.17, 15) is 0 Å². The van der Waals surface area contributed by atoms with Gasteiger partial charge in [0.05, 0.1) is 19.3 Å². The molecule has 1 saturated heterocycles. The highest BCUT2D eigenvalue weighted by Crippen LogP contribution is 2.20. The van der Waals surface area contributed by atoms with E-state index in [0.717, 1.165) is 37.6 Å². The van der Waals surface area contributed by atoms with Crippen molar-refractivity contribution in [2.45, 2.75) is 19.6 Å². The van der Waals surface area contributed by atoms with E-state index in [1.807, 2.05) is 25.1 Å². The topological polar surface area (TPSA) is 21.7 Å². The zero-order chi connectivity index (χ0) is 16.6. The number of hydrogen-bond donors (Lipinski definition) is 0. The Labute approximate surface area is 144 Å². The summed E-state index contributed by atoms with van der Waals surface area (Å²) >= 11 is 0. The number of ether oxygens (including phenoxy) is 2. The van der Waals surface area contributed by atoms with Crippen molar-refractivity contribution in [3.05, 3.63) is 71.8 Å². The first kappa shape index (κ1) is 16.7. The van der Waals surface area contributed by atoms with Crippen molar-refractivity contribution in [3.63, 3.8) is 0 Å².